The summed E-state index contributed by atoms with van der Waals surface area (Å²) < 4.78 is 0. The van der Waals surface area contributed by atoms with E-state index in [-0.39, 0.29) is 6.61 Å². The first-order valence-corrected chi connectivity index (χ1v) is 4.20. The Morgan fingerprint density at radius 2 is 2.08 bits per heavy atom. The van der Waals surface area contributed by atoms with E-state index in [1.807, 2.05) is 0 Å². The van der Waals surface area contributed by atoms with Gasteiger partial charge in [-0.2, -0.15) is 0 Å². The molecule has 0 aliphatic rings. The second-order valence-electron chi connectivity index (χ2n) is 2.21. The normalized spacial score (nSPS) is 10.9. The molecule has 0 aliphatic heterocycles. The van der Waals surface area contributed by atoms with E-state index in [2.05, 4.69) is 0 Å². The minimum Gasteiger partial charge on any atom is -0.232 e. The predicted octanol–water partition coefficient (Wildman–Crippen LogP) is 3.44. The van der Waals surface area contributed by atoms with Gasteiger partial charge in [-0.15, -0.1) is 0 Å². The van der Waals surface area contributed by atoms with Gasteiger partial charge in [0.05, 0.1) is 10.0 Å². The summed E-state index contributed by atoms with van der Waals surface area (Å²) in [6.45, 7) is -0.247. The van der Waals surface area contributed by atoms with Crippen molar-refractivity contribution in [1.29, 1.82) is 0 Å². The average molecular weight is 202 g/mol. The molecule has 0 atom stereocenters. The molecule has 0 fully saturated rings. The van der Waals surface area contributed by atoms with Crippen molar-refractivity contribution in [3.63, 3.8) is 0 Å². The third-order valence-corrected chi connectivity index (χ3v) is 2.21. The fourth-order valence-electron chi connectivity index (χ4n) is 0.824. The number of hydrogen-bond donors (Lipinski definition) is 0. The molecule has 1 aromatic carbocycles. The summed E-state index contributed by atoms with van der Waals surface area (Å²) in [5.74, 6) is 0. The van der Waals surface area contributed by atoms with Crippen LogP contribution in [0.2, 0.25) is 10.0 Å². The van der Waals surface area contributed by atoms with Gasteiger partial charge in [-0.25, -0.2) is 5.11 Å². The summed E-state index contributed by atoms with van der Waals surface area (Å²) in [7, 11) is 0. The number of halogens is 2. The first-order valence-electron chi connectivity index (χ1n) is 3.44. The molecule has 1 aromatic rings. The van der Waals surface area contributed by atoms with Crippen LogP contribution in [-0.4, -0.2) is 6.61 Å². The van der Waals surface area contributed by atoms with Gasteiger partial charge in [0.15, 0.2) is 0 Å². The lowest BCUT2D eigenvalue weighted by molar-refractivity contribution is 0.233. The summed E-state index contributed by atoms with van der Waals surface area (Å²) in [5.41, 5.74) is 0.778. The van der Waals surface area contributed by atoms with E-state index in [1.54, 1.807) is 24.3 Å². The monoisotopic (exact) mass is 201 g/mol. The van der Waals surface area contributed by atoms with E-state index >= 15 is 0 Å². The number of rotatable bonds is 2. The van der Waals surface area contributed by atoms with Gasteiger partial charge in [-0.1, -0.05) is 47.5 Å². The predicted molar refractivity (Wildman–Crippen MR) is 51.0 cm³/mol. The summed E-state index contributed by atoms with van der Waals surface area (Å²) >= 11 is 11.6. The van der Waals surface area contributed by atoms with Crippen molar-refractivity contribution in [2.75, 3.05) is 6.61 Å². The highest BCUT2D eigenvalue weighted by Crippen LogP contribution is 2.26. The minimum absolute atomic E-state index is 0.247. The summed E-state index contributed by atoms with van der Waals surface area (Å²) in [4.78, 5) is 0. The Kier molecular flexibility index (Phi) is 3.60. The third kappa shape index (κ3) is 2.24. The highest BCUT2D eigenvalue weighted by atomic mass is 35.5. The first-order chi connectivity index (χ1) is 5.75. The van der Waals surface area contributed by atoms with E-state index in [0.29, 0.717) is 10.0 Å². The van der Waals surface area contributed by atoms with E-state index in [1.165, 1.54) is 6.08 Å². The zero-order chi connectivity index (χ0) is 8.97. The van der Waals surface area contributed by atoms with Crippen LogP contribution in [0.4, 0.5) is 0 Å². The first kappa shape index (κ1) is 9.59. The molecule has 0 bridgehead atoms. The lowest BCUT2D eigenvalue weighted by atomic mass is 10.2. The van der Waals surface area contributed by atoms with Crippen molar-refractivity contribution in [1.82, 2.24) is 0 Å². The Bertz CT molecular complexity index is 295. The van der Waals surface area contributed by atoms with Crippen molar-refractivity contribution >= 4 is 29.3 Å². The summed E-state index contributed by atoms with van der Waals surface area (Å²) in [6.07, 6.45) is 3.17. The van der Waals surface area contributed by atoms with E-state index in [9.17, 15) is 5.11 Å². The van der Waals surface area contributed by atoms with E-state index in [4.69, 9.17) is 23.2 Å². The van der Waals surface area contributed by atoms with Gasteiger partial charge in [-0.3, -0.25) is 0 Å². The van der Waals surface area contributed by atoms with Crippen molar-refractivity contribution in [2.45, 2.75) is 0 Å². The van der Waals surface area contributed by atoms with Gasteiger partial charge in [0, 0.05) is 0 Å². The van der Waals surface area contributed by atoms with Crippen LogP contribution in [0.1, 0.15) is 5.56 Å². The van der Waals surface area contributed by atoms with Crippen molar-refractivity contribution in [2.24, 2.45) is 0 Å². The van der Waals surface area contributed by atoms with Gasteiger partial charge in [0.25, 0.3) is 0 Å². The Balaban J connectivity index is 3.00. The van der Waals surface area contributed by atoms with Gasteiger partial charge in [-0.05, 0) is 11.6 Å². The van der Waals surface area contributed by atoms with Crippen LogP contribution in [0.25, 0.3) is 6.08 Å². The van der Waals surface area contributed by atoms with Crippen LogP contribution in [0.3, 0.4) is 0 Å². The van der Waals surface area contributed by atoms with Gasteiger partial charge < -0.3 is 0 Å². The molecular formula is C9H7Cl2O. The Labute approximate surface area is 81.2 Å². The number of hydrogen-bond acceptors (Lipinski definition) is 0. The molecule has 12 heavy (non-hydrogen) atoms. The van der Waals surface area contributed by atoms with Crippen LogP contribution < -0.4 is 0 Å². The molecule has 63 valence electrons. The second-order valence-corrected chi connectivity index (χ2v) is 3.00. The molecular weight excluding hydrogens is 195 g/mol. The molecule has 1 nitrogen and oxygen atoms in total. The molecule has 0 saturated heterocycles. The Morgan fingerprint density at radius 1 is 1.33 bits per heavy atom. The van der Waals surface area contributed by atoms with E-state index in [0.717, 1.165) is 5.56 Å². The molecule has 0 unspecified atom stereocenters. The zero-order valence-electron chi connectivity index (χ0n) is 6.26. The SMILES string of the molecule is [O]C/C=C/c1cccc(Cl)c1Cl. The lowest BCUT2D eigenvalue weighted by Gasteiger charge is -1.98. The third-order valence-electron chi connectivity index (χ3n) is 1.38. The number of benzene rings is 1. The fraction of sp³-hybridized carbons (Fsp3) is 0.111. The Hall–Kier alpha value is -0.500. The minimum atomic E-state index is -0.247. The van der Waals surface area contributed by atoms with Crippen LogP contribution in [-0.2, 0) is 5.11 Å². The summed E-state index contributed by atoms with van der Waals surface area (Å²) in [5, 5.41) is 11.1. The van der Waals surface area contributed by atoms with Gasteiger partial charge in [0.1, 0.15) is 6.61 Å². The smallest absolute Gasteiger partial charge is 0.101 e. The molecule has 0 spiro atoms. The molecule has 0 saturated carbocycles. The molecule has 0 heterocycles. The van der Waals surface area contributed by atoms with Crippen LogP contribution >= 0.6 is 23.2 Å². The Morgan fingerprint density at radius 3 is 2.75 bits per heavy atom. The second kappa shape index (κ2) is 4.51. The lowest BCUT2D eigenvalue weighted by Crippen LogP contribution is -1.76. The molecule has 0 N–H and O–H groups in total. The van der Waals surface area contributed by atoms with E-state index < -0.39 is 0 Å². The highest BCUT2D eigenvalue weighted by Gasteiger charge is 1.99. The maximum Gasteiger partial charge on any atom is 0.101 e. The molecule has 1 radical (unpaired) electrons. The molecule has 0 aromatic heterocycles. The van der Waals surface area contributed by atoms with Crippen molar-refractivity contribution in [3.8, 4) is 0 Å². The van der Waals surface area contributed by atoms with Crippen LogP contribution in [0, 0.1) is 0 Å². The maximum atomic E-state index is 10.1. The quantitative estimate of drug-likeness (QED) is 0.699. The molecule has 0 amide bonds. The van der Waals surface area contributed by atoms with Crippen LogP contribution in [0.5, 0.6) is 0 Å². The zero-order valence-corrected chi connectivity index (χ0v) is 7.77. The topological polar surface area (TPSA) is 19.9 Å². The average Bonchev–Trinajstić information content (AvgIpc) is 2.08. The maximum absolute atomic E-state index is 10.1. The van der Waals surface area contributed by atoms with Crippen LogP contribution in [0.15, 0.2) is 24.3 Å². The fourth-order valence-corrected chi connectivity index (χ4v) is 1.20. The van der Waals surface area contributed by atoms with Crippen molar-refractivity contribution < 1.29 is 5.11 Å². The van der Waals surface area contributed by atoms with Crippen molar-refractivity contribution in [3.05, 3.63) is 39.9 Å². The molecule has 3 heteroatoms. The molecule has 0 aliphatic carbocycles. The standard InChI is InChI=1S/C9H7Cl2O/c10-8-5-1-3-7(9(8)11)4-2-6-12/h1-5H,6H2/b4-2+. The summed E-state index contributed by atoms with van der Waals surface area (Å²) in [6, 6.07) is 5.30. The molecule has 1 rings (SSSR count). The largest absolute Gasteiger partial charge is 0.232 e. The van der Waals surface area contributed by atoms with Gasteiger partial charge in [0.2, 0.25) is 0 Å². The highest BCUT2D eigenvalue weighted by molar-refractivity contribution is 6.42. The van der Waals surface area contributed by atoms with Gasteiger partial charge >= 0.3 is 0 Å².